The Morgan fingerprint density at radius 2 is 2.27 bits per heavy atom. The minimum Gasteiger partial charge on any atom is -0.441 e. The number of urea groups is 1. The van der Waals surface area contributed by atoms with Crippen LogP contribution in [0.4, 0.5) is 10.5 Å². The summed E-state index contributed by atoms with van der Waals surface area (Å²) in [7, 11) is 0. The van der Waals surface area contributed by atoms with Gasteiger partial charge in [0.15, 0.2) is 11.5 Å². The van der Waals surface area contributed by atoms with Crippen LogP contribution in [0.15, 0.2) is 22.6 Å². The van der Waals surface area contributed by atoms with E-state index in [-0.39, 0.29) is 18.1 Å². The first-order valence-electron chi connectivity index (χ1n) is 7.63. The Bertz CT molecular complexity index is 676. The molecule has 6 heteroatoms. The zero-order valence-corrected chi connectivity index (χ0v) is 12.7. The molecule has 0 atom stereocenters. The molecule has 1 aliphatic rings. The summed E-state index contributed by atoms with van der Waals surface area (Å²) in [6.45, 7) is 2.56. The van der Waals surface area contributed by atoms with Crippen LogP contribution < -0.4 is 10.6 Å². The molecule has 6 nitrogen and oxygen atoms in total. The van der Waals surface area contributed by atoms with E-state index in [9.17, 15) is 4.79 Å². The van der Waals surface area contributed by atoms with Crippen molar-refractivity contribution >= 4 is 22.8 Å². The summed E-state index contributed by atoms with van der Waals surface area (Å²) in [4.78, 5) is 16.3. The first-order valence-corrected chi connectivity index (χ1v) is 7.63. The third-order valence-electron chi connectivity index (χ3n) is 4.43. The average Bonchev–Trinajstić information content (AvgIpc) is 2.81. The van der Waals surface area contributed by atoms with Crippen LogP contribution in [0.25, 0.3) is 11.1 Å². The first kappa shape index (κ1) is 14.8. The van der Waals surface area contributed by atoms with Crippen LogP contribution in [0, 0.1) is 12.3 Å². The molecule has 0 aliphatic heterocycles. The first-order chi connectivity index (χ1) is 10.6. The molecule has 1 heterocycles. The van der Waals surface area contributed by atoms with Gasteiger partial charge in [0.05, 0.1) is 0 Å². The molecule has 0 spiro atoms. The SMILES string of the molecule is Cc1nc2cc(NC(=O)NCC3(CCO)CCC3)ccc2o1. The lowest BCUT2D eigenvalue weighted by Gasteiger charge is -2.41. The highest BCUT2D eigenvalue weighted by Gasteiger charge is 2.36. The molecule has 1 saturated carbocycles. The molecule has 0 bridgehead atoms. The normalized spacial score (nSPS) is 16.3. The number of hydrogen-bond acceptors (Lipinski definition) is 4. The van der Waals surface area contributed by atoms with Crippen molar-refractivity contribution in [2.45, 2.75) is 32.6 Å². The van der Waals surface area contributed by atoms with Crippen LogP contribution in [0.2, 0.25) is 0 Å². The van der Waals surface area contributed by atoms with Crippen LogP contribution in [-0.2, 0) is 0 Å². The second-order valence-corrected chi connectivity index (χ2v) is 6.05. The number of carbonyl (C=O) groups excluding carboxylic acids is 1. The number of hydrogen-bond donors (Lipinski definition) is 3. The lowest BCUT2D eigenvalue weighted by Crippen LogP contribution is -2.44. The van der Waals surface area contributed by atoms with E-state index < -0.39 is 0 Å². The summed E-state index contributed by atoms with van der Waals surface area (Å²) in [6.07, 6.45) is 4.05. The van der Waals surface area contributed by atoms with Crippen molar-refractivity contribution in [3.63, 3.8) is 0 Å². The maximum Gasteiger partial charge on any atom is 0.319 e. The predicted octanol–water partition coefficient (Wildman–Crippen LogP) is 2.81. The van der Waals surface area contributed by atoms with Crippen LogP contribution in [0.3, 0.4) is 0 Å². The van der Waals surface area contributed by atoms with E-state index in [4.69, 9.17) is 9.52 Å². The third kappa shape index (κ3) is 3.06. The van der Waals surface area contributed by atoms with Gasteiger partial charge in [0.2, 0.25) is 0 Å². The van der Waals surface area contributed by atoms with Gasteiger partial charge in [-0.15, -0.1) is 0 Å². The third-order valence-corrected chi connectivity index (χ3v) is 4.43. The zero-order chi connectivity index (χ0) is 15.6. The van der Waals surface area contributed by atoms with Gasteiger partial charge in [-0.25, -0.2) is 9.78 Å². The van der Waals surface area contributed by atoms with Crippen LogP contribution in [0.1, 0.15) is 31.6 Å². The van der Waals surface area contributed by atoms with E-state index >= 15 is 0 Å². The van der Waals surface area contributed by atoms with E-state index in [1.54, 1.807) is 25.1 Å². The standard InChI is InChI=1S/C16H21N3O3/c1-11-18-13-9-12(3-4-14(13)22-11)19-15(21)17-10-16(7-8-20)5-2-6-16/h3-4,9,20H,2,5-8,10H2,1H3,(H2,17,19,21). The molecule has 0 unspecified atom stereocenters. The molecule has 0 radical (unpaired) electrons. The summed E-state index contributed by atoms with van der Waals surface area (Å²) in [6, 6.07) is 5.14. The molecular formula is C16H21N3O3. The number of oxazole rings is 1. The highest BCUT2D eigenvalue weighted by atomic mass is 16.3. The summed E-state index contributed by atoms with van der Waals surface area (Å²) in [5, 5.41) is 14.8. The number of aliphatic hydroxyl groups is 1. The Morgan fingerprint density at radius 1 is 1.45 bits per heavy atom. The number of amides is 2. The quantitative estimate of drug-likeness (QED) is 0.792. The number of aryl methyl sites for hydroxylation is 1. The molecule has 22 heavy (non-hydrogen) atoms. The van der Waals surface area contributed by atoms with E-state index in [2.05, 4.69) is 15.6 Å². The minimum absolute atomic E-state index is 0.0826. The van der Waals surface area contributed by atoms with Gasteiger partial charge in [0, 0.05) is 25.8 Å². The van der Waals surface area contributed by atoms with Gasteiger partial charge >= 0.3 is 6.03 Å². The number of nitrogens with one attached hydrogen (secondary N) is 2. The highest BCUT2D eigenvalue weighted by molar-refractivity contribution is 5.91. The molecule has 1 aromatic carbocycles. The van der Waals surface area contributed by atoms with Crippen molar-refractivity contribution in [2.75, 3.05) is 18.5 Å². The Kier molecular flexibility index (Phi) is 4.02. The second-order valence-electron chi connectivity index (χ2n) is 6.05. The number of carbonyl (C=O) groups is 1. The van der Waals surface area contributed by atoms with Crippen LogP contribution in [0.5, 0.6) is 0 Å². The van der Waals surface area contributed by atoms with Crippen molar-refractivity contribution in [3.8, 4) is 0 Å². The molecule has 2 aromatic rings. The number of nitrogens with zero attached hydrogens (tertiary/aromatic N) is 1. The Labute approximate surface area is 128 Å². The largest absolute Gasteiger partial charge is 0.441 e. The second kappa shape index (κ2) is 5.96. The molecule has 3 N–H and O–H groups in total. The van der Waals surface area contributed by atoms with Crippen LogP contribution >= 0.6 is 0 Å². The molecule has 2 amide bonds. The molecular weight excluding hydrogens is 282 g/mol. The maximum absolute atomic E-state index is 12.0. The van der Waals surface area contributed by atoms with Crippen molar-refractivity contribution < 1.29 is 14.3 Å². The Hall–Kier alpha value is -2.08. The molecule has 3 rings (SSSR count). The van der Waals surface area contributed by atoms with Crippen molar-refractivity contribution in [1.82, 2.24) is 10.3 Å². The molecule has 1 fully saturated rings. The van der Waals surface area contributed by atoms with Crippen molar-refractivity contribution in [3.05, 3.63) is 24.1 Å². The van der Waals surface area contributed by atoms with Gasteiger partial charge in [-0.1, -0.05) is 6.42 Å². The van der Waals surface area contributed by atoms with Gasteiger partial charge < -0.3 is 20.2 Å². The van der Waals surface area contributed by atoms with E-state index in [1.165, 1.54) is 6.42 Å². The van der Waals surface area contributed by atoms with E-state index in [1.807, 2.05) is 0 Å². The van der Waals surface area contributed by atoms with Crippen molar-refractivity contribution in [1.29, 1.82) is 0 Å². The van der Waals surface area contributed by atoms with Gasteiger partial charge in [-0.2, -0.15) is 0 Å². The number of anilines is 1. The van der Waals surface area contributed by atoms with Gasteiger partial charge in [0.1, 0.15) is 5.52 Å². The maximum atomic E-state index is 12.0. The van der Waals surface area contributed by atoms with Crippen molar-refractivity contribution in [2.24, 2.45) is 5.41 Å². The van der Waals surface area contributed by atoms with Crippen LogP contribution in [-0.4, -0.2) is 29.3 Å². The fraction of sp³-hybridized carbons (Fsp3) is 0.500. The molecule has 0 saturated heterocycles. The number of benzene rings is 1. The fourth-order valence-corrected chi connectivity index (χ4v) is 2.99. The number of rotatable bonds is 5. The predicted molar refractivity (Wildman–Crippen MR) is 83.8 cm³/mol. The van der Waals surface area contributed by atoms with Gasteiger partial charge in [-0.05, 0) is 42.9 Å². The number of aliphatic hydroxyl groups excluding tert-OH is 1. The summed E-state index contributed by atoms with van der Waals surface area (Å²) < 4.78 is 5.41. The average molecular weight is 303 g/mol. The number of aromatic nitrogens is 1. The van der Waals surface area contributed by atoms with Gasteiger partial charge in [0.25, 0.3) is 0 Å². The molecule has 1 aromatic heterocycles. The fourth-order valence-electron chi connectivity index (χ4n) is 2.99. The zero-order valence-electron chi connectivity index (χ0n) is 12.7. The number of fused-ring (bicyclic) bond motifs is 1. The molecule has 1 aliphatic carbocycles. The summed E-state index contributed by atoms with van der Waals surface area (Å²) in [5.41, 5.74) is 2.20. The lowest BCUT2D eigenvalue weighted by atomic mass is 9.67. The minimum atomic E-state index is -0.233. The Balaban J connectivity index is 1.58. The van der Waals surface area contributed by atoms with E-state index in [0.717, 1.165) is 24.8 Å². The smallest absolute Gasteiger partial charge is 0.319 e. The van der Waals surface area contributed by atoms with Gasteiger partial charge in [-0.3, -0.25) is 0 Å². The summed E-state index contributed by atoms with van der Waals surface area (Å²) in [5.74, 6) is 0.604. The highest BCUT2D eigenvalue weighted by Crippen LogP contribution is 2.43. The van der Waals surface area contributed by atoms with E-state index in [0.29, 0.717) is 23.7 Å². The lowest BCUT2D eigenvalue weighted by molar-refractivity contribution is 0.0892. The summed E-state index contributed by atoms with van der Waals surface area (Å²) >= 11 is 0. The topological polar surface area (TPSA) is 87.4 Å². The molecule has 118 valence electrons. The Morgan fingerprint density at radius 3 is 2.95 bits per heavy atom. The monoisotopic (exact) mass is 303 g/mol.